The van der Waals surface area contributed by atoms with Crippen LogP contribution in [-0.2, 0) is 16.4 Å². The topological polar surface area (TPSA) is 118 Å². The van der Waals surface area contributed by atoms with Gasteiger partial charge in [0.15, 0.2) is 0 Å². The Morgan fingerprint density at radius 2 is 1.90 bits per heavy atom. The fraction of sp³-hybridized carbons (Fsp3) is 0.130. The first-order valence-electron chi connectivity index (χ1n) is 9.90. The number of nitrogens with two attached hydrogens (primary N) is 1. The molecule has 0 saturated carbocycles. The van der Waals surface area contributed by atoms with Crippen LogP contribution in [0, 0.1) is 0 Å². The zero-order chi connectivity index (χ0) is 21.6. The summed E-state index contributed by atoms with van der Waals surface area (Å²) in [6.07, 6.45) is 1.83. The second kappa shape index (κ2) is 7.33. The summed E-state index contributed by atoms with van der Waals surface area (Å²) in [6.45, 7) is 0. The molecule has 0 bridgehead atoms. The van der Waals surface area contributed by atoms with E-state index in [0.29, 0.717) is 16.8 Å². The quantitative estimate of drug-likeness (QED) is 0.458. The molecule has 1 amide bonds. The zero-order valence-electron chi connectivity index (χ0n) is 16.5. The van der Waals surface area contributed by atoms with Crippen molar-refractivity contribution in [2.24, 2.45) is 5.14 Å². The summed E-state index contributed by atoms with van der Waals surface area (Å²) in [6, 6.07) is 19.8. The van der Waals surface area contributed by atoms with E-state index in [4.69, 9.17) is 5.14 Å². The van der Waals surface area contributed by atoms with E-state index in [-0.39, 0.29) is 16.8 Å². The van der Waals surface area contributed by atoms with Crippen LogP contribution in [0.1, 0.15) is 33.9 Å². The number of H-pyrrole nitrogens is 1. The summed E-state index contributed by atoms with van der Waals surface area (Å²) in [5.41, 5.74) is 4.86. The fourth-order valence-electron chi connectivity index (χ4n) is 4.14. The number of hydrogen-bond donors (Lipinski definition) is 3. The van der Waals surface area contributed by atoms with E-state index in [2.05, 4.69) is 27.6 Å². The number of nitrogens with one attached hydrogen (secondary N) is 2. The molecule has 1 aromatic heterocycles. The van der Waals surface area contributed by atoms with Gasteiger partial charge < -0.3 is 5.32 Å². The van der Waals surface area contributed by atoms with E-state index in [0.717, 1.165) is 23.7 Å². The van der Waals surface area contributed by atoms with Crippen molar-refractivity contribution in [2.45, 2.75) is 23.8 Å². The number of fused-ring (bicyclic) bond motifs is 2. The maximum atomic E-state index is 13.0. The Kier molecular flexibility index (Phi) is 4.60. The fourth-order valence-corrected chi connectivity index (χ4v) is 4.70. The van der Waals surface area contributed by atoms with Gasteiger partial charge in [-0.15, -0.1) is 0 Å². The molecule has 3 aromatic carbocycles. The van der Waals surface area contributed by atoms with E-state index < -0.39 is 10.0 Å². The maximum absolute atomic E-state index is 13.0. The van der Waals surface area contributed by atoms with Gasteiger partial charge in [0.2, 0.25) is 10.0 Å². The molecule has 0 saturated heterocycles. The summed E-state index contributed by atoms with van der Waals surface area (Å²) in [5, 5.41) is 16.4. The molecule has 1 aliphatic carbocycles. The molecule has 1 atom stereocenters. The van der Waals surface area contributed by atoms with Crippen LogP contribution in [0.2, 0.25) is 0 Å². The third-order valence-electron chi connectivity index (χ3n) is 5.70. The van der Waals surface area contributed by atoms with Crippen LogP contribution < -0.4 is 10.5 Å². The van der Waals surface area contributed by atoms with Gasteiger partial charge in [-0.1, -0.05) is 36.4 Å². The number of carbonyl (C=O) groups is 1. The van der Waals surface area contributed by atoms with Gasteiger partial charge in [0.25, 0.3) is 5.91 Å². The smallest absolute Gasteiger partial charge is 0.251 e. The predicted octanol–water partition coefficient (Wildman–Crippen LogP) is 3.29. The molecule has 0 radical (unpaired) electrons. The van der Waals surface area contributed by atoms with E-state index in [1.165, 1.54) is 23.3 Å². The van der Waals surface area contributed by atoms with Crippen molar-refractivity contribution in [3.63, 3.8) is 0 Å². The minimum atomic E-state index is -3.83. The highest BCUT2D eigenvalue weighted by Crippen LogP contribution is 2.32. The standard InChI is InChI=1S/C23H20N4O3S/c24-31(29,30)17-6-3-5-15(12-17)22-19-13-16(9-11-21(19)26-27-22)23(28)25-20-10-8-14-4-1-2-7-18(14)20/h1-7,9,11-13,20H,8,10H2,(H,25,28)(H,26,27)(H2,24,29,30). The minimum absolute atomic E-state index is 0.00494. The Morgan fingerprint density at radius 3 is 2.74 bits per heavy atom. The molecule has 1 unspecified atom stereocenters. The molecule has 4 aromatic rings. The van der Waals surface area contributed by atoms with Crippen LogP contribution in [0.15, 0.2) is 71.6 Å². The average Bonchev–Trinajstić information content (AvgIpc) is 3.37. The first-order valence-corrected chi connectivity index (χ1v) is 11.4. The van der Waals surface area contributed by atoms with Crippen molar-refractivity contribution in [3.05, 3.63) is 83.4 Å². The number of rotatable bonds is 4. The monoisotopic (exact) mass is 432 g/mol. The summed E-state index contributed by atoms with van der Waals surface area (Å²) in [4.78, 5) is 13.0. The number of amides is 1. The highest BCUT2D eigenvalue weighted by atomic mass is 32.2. The van der Waals surface area contributed by atoms with Gasteiger partial charge in [0.05, 0.1) is 22.1 Å². The van der Waals surface area contributed by atoms with E-state index in [9.17, 15) is 13.2 Å². The van der Waals surface area contributed by atoms with Gasteiger partial charge in [0.1, 0.15) is 0 Å². The zero-order valence-corrected chi connectivity index (χ0v) is 17.3. The van der Waals surface area contributed by atoms with E-state index in [1.54, 1.807) is 30.3 Å². The van der Waals surface area contributed by atoms with Crippen LogP contribution in [0.5, 0.6) is 0 Å². The van der Waals surface area contributed by atoms with Gasteiger partial charge in [-0.2, -0.15) is 5.10 Å². The van der Waals surface area contributed by atoms with Crippen molar-refractivity contribution in [1.82, 2.24) is 15.5 Å². The van der Waals surface area contributed by atoms with Gasteiger partial charge in [0, 0.05) is 16.5 Å². The third kappa shape index (κ3) is 3.60. The maximum Gasteiger partial charge on any atom is 0.251 e. The Labute approximate surface area is 179 Å². The number of carbonyl (C=O) groups excluding carboxylic acids is 1. The number of aromatic nitrogens is 2. The second-order valence-corrected chi connectivity index (χ2v) is 9.23. The molecule has 1 aliphatic rings. The van der Waals surface area contributed by atoms with Crippen molar-refractivity contribution < 1.29 is 13.2 Å². The molecule has 4 N–H and O–H groups in total. The lowest BCUT2D eigenvalue weighted by Gasteiger charge is -2.14. The number of sulfonamides is 1. The number of aryl methyl sites for hydroxylation is 1. The molecule has 0 aliphatic heterocycles. The average molecular weight is 433 g/mol. The van der Waals surface area contributed by atoms with E-state index in [1.807, 2.05) is 12.1 Å². The van der Waals surface area contributed by atoms with Crippen molar-refractivity contribution in [2.75, 3.05) is 0 Å². The Hall–Kier alpha value is -3.49. The van der Waals surface area contributed by atoms with Crippen LogP contribution >= 0.6 is 0 Å². The van der Waals surface area contributed by atoms with E-state index >= 15 is 0 Å². The number of aromatic amines is 1. The molecule has 31 heavy (non-hydrogen) atoms. The Balaban J connectivity index is 1.48. The van der Waals surface area contributed by atoms with Gasteiger partial charge in [-0.3, -0.25) is 9.89 Å². The molecular formula is C23H20N4O3S. The van der Waals surface area contributed by atoms with Gasteiger partial charge >= 0.3 is 0 Å². The molecule has 0 spiro atoms. The molecule has 8 heteroatoms. The summed E-state index contributed by atoms with van der Waals surface area (Å²) >= 11 is 0. The summed E-state index contributed by atoms with van der Waals surface area (Å²) in [7, 11) is -3.83. The highest BCUT2D eigenvalue weighted by Gasteiger charge is 2.24. The first-order chi connectivity index (χ1) is 14.9. The second-order valence-electron chi connectivity index (χ2n) is 7.67. The summed E-state index contributed by atoms with van der Waals surface area (Å²) < 4.78 is 23.4. The summed E-state index contributed by atoms with van der Waals surface area (Å²) in [5.74, 6) is -0.158. The minimum Gasteiger partial charge on any atom is -0.345 e. The third-order valence-corrected chi connectivity index (χ3v) is 6.61. The predicted molar refractivity (Wildman–Crippen MR) is 118 cm³/mol. The normalized spacial score (nSPS) is 15.7. The lowest BCUT2D eigenvalue weighted by Crippen LogP contribution is -2.27. The molecule has 156 valence electrons. The van der Waals surface area contributed by atoms with Crippen LogP contribution in [0.4, 0.5) is 0 Å². The van der Waals surface area contributed by atoms with Crippen molar-refractivity contribution in [1.29, 1.82) is 0 Å². The molecule has 1 heterocycles. The lowest BCUT2D eigenvalue weighted by molar-refractivity contribution is 0.0937. The number of nitrogens with zero attached hydrogens (tertiary/aromatic N) is 1. The molecule has 7 nitrogen and oxygen atoms in total. The largest absolute Gasteiger partial charge is 0.345 e. The first kappa shape index (κ1) is 19.5. The number of benzene rings is 3. The van der Waals surface area contributed by atoms with Crippen molar-refractivity contribution >= 4 is 26.8 Å². The molecular weight excluding hydrogens is 412 g/mol. The van der Waals surface area contributed by atoms with Crippen LogP contribution in [0.3, 0.4) is 0 Å². The molecule has 5 rings (SSSR count). The number of primary sulfonamides is 1. The highest BCUT2D eigenvalue weighted by molar-refractivity contribution is 7.89. The van der Waals surface area contributed by atoms with Gasteiger partial charge in [-0.25, -0.2) is 13.6 Å². The molecule has 0 fully saturated rings. The SMILES string of the molecule is NS(=O)(=O)c1cccc(-c2n[nH]c3ccc(C(=O)NC4CCc5ccccc54)cc23)c1. The van der Waals surface area contributed by atoms with Gasteiger partial charge in [-0.05, 0) is 54.3 Å². The van der Waals surface area contributed by atoms with Crippen LogP contribution in [-0.4, -0.2) is 24.5 Å². The van der Waals surface area contributed by atoms with Crippen molar-refractivity contribution in [3.8, 4) is 11.3 Å². The lowest BCUT2D eigenvalue weighted by atomic mass is 10.0. The number of hydrogen-bond acceptors (Lipinski definition) is 4. The Bertz CT molecular complexity index is 1430. The van der Waals surface area contributed by atoms with Crippen LogP contribution in [0.25, 0.3) is 22.2 Å². The Morgan fingerprint density at radius 1 is 1.06 bits per heavy atom.